The Morgan fingerprint density at radius 3 is 2.65 bits per heavy atom. The van der Waals surface area contributed by atoms with Gasteiger partial charge in [0.15, 0.2) is 0 Å². The third-order valence-corrected chi connectivity index (χ3v) is 5.41. The molecule has 0 aliphatic heterocycles. The molecule has 7 nitrogen and oxygen atoms in total. The summed E-state index contributed by atoms with van der Waals surface area (Å²) in [4.78, 5) is 13.1. The molecular formula is C12H18N2O5S. The smallest absolute Gasteiger partial charge is 0.352 e. The van der Waals surface area contributed by atoms with Crippen LogP contribution in [0.3, 0.4) is 0 Å². The maximum atomic E-state index is 12.2. The highest BCUT2D eigenvalue weighted by Gasteiger charge is 2.50. The Morgan fingerprint density at radius 1 is 1.55 bits per heavy atom. The lowest BCUT2D eigenvalue weighted by Gasteiger charge is -2.50. The van der Waals surface area contributed by atoms with Gasteiger partial charge in [0.1, 0.15) is 10.6 Å². The van der Waals surface area contributed by atoms with E-state index in [2.05, 4.69) is 9.71 Å². The minimum atomic E-state index is -3.74. The summed E-state index contributed by atoms with van der Waals surface area (Å²) < 4.78 is 32.2. The number of carboxylic acid groups (broad SMARTS) is 1. The minimum absolute atomic E-state index is 0.0102. The molecule has 0 saturated heterocycles. The van der Waals surface area contributed by atoms with Crippen LogP contribution in [0.1, 0.15) is 30.8 Å². The molecular weight excluding hydrogens is 284 g/mol. The molecule has 3 N–H and O–H groups in total. The van der Waals surface area contributed by atoms with Crippen molar-refractivity contribution in [2.45, 2.75) is 37.3 Å². The van der Waals surface area contributed by atoms with Gasteiger partial charge in [-0.1, -0.05) is 13.8 Å². The average molecular weight is 302 g/mol. The monoisotopic (exact) mass is 302 g/mol. The predicted molar refractivity (Wildman–Crippen MR) is 71.1 cm³/mol. The van der Waals surface area contributed by atoms with Crippen LogP contribution in [0, 0.1) is 5.41 Å². The van der Waals surface area contributed by atoms with E-state index in [1.54, 1.807) is 7.11 Å². The summed E-state index contributed by atoms with van der Waals surface area (Å²) in [6.45, 7) is 3.86. The van der Waals surface area contributed by atoms with Crippen molar-refractivity contribution in [2.75, 3.05) is 7.11 Å². The number of nitrogens with one attached hydrogen (secondary N) is 2. The normalized spacial score (nSPS) is 25.1. The third-order valence-electron chi connectivity index (χ3n) is 3.96. The van der Waals surface area contributed by atoms with Crippen molar-refractivity contribution in [2.24, 2.45) is 5.41 Å². The fraction of sp³-hybridized carbons (Fsp3) is 0.583. The summed E-state index contributed by atoms with van der Waals surface area (Å²) in [6.07, 6.45) is 1.78. The third kappa shape index (κ3) is 2.46. The molecule has 2 rings (SSSR count). The van der Waals surface area contributed by atoms with Crippen LogP contribution in [-0.2, 0) is 14.8 Å². The van der Waals surface area contributed by atoms with E-state index in [4.69, 9.17) is 9.84 Å². The molecule has 112 valence electrons. The Hall–Kier alpha value is -1.38. The van der Waals surface area contributed by atoms with Gasteiger partial charge < -0.3 is 14.8 Å². The molecule has 1 aromatic heterocycles. The van der Waals surface area contributed by atoms with Crippen LogP contribution in [-0.4, -0.2) is 43.7 Å². The fourth-order valence-electron chi connectivity index (χ4n) is 2.39. The van der Waals surface area contributed by atoms with Crippen LogP contribution in [0.2, 0.25) is 0 Å². The number of rotatable bonds is 5. The van der Waals surface area contributed by atoms with E-state index in [1.807, 2.05) is 13.8 Å². The number of carboxylic acids is 1. The molecule has 2 unspecified atom stereocenters. The summed E-state index contributed by atoms with van der Waals surface area (Å²) >= 11 is 0. The van der Waals surface area contributed by atoms with Crippen molar-refractivity contribution in [3.05, 3.63) is 18.0 Å². The van der Waals surface area contributed by atoms with Gasteiger partial charge in [-0.05, 0) is 12.5 Å². The molecule has 1 fully saturated rings. The molecule has 0 radical (unpaired) electrons. The number of aromatic carboxylic acids is 1. The Morgan fingerprint density at radius 2 is 2.20 bits per heavy atom. The molecule has 20 heavy (non-hydrogen) atoms. The number of H-pyrrole nitrogens is 1. The Balaban J connectivity index is 2.14. The van der Waals surface area contributed by atoms with Crippen molar-refractivity contribution in [3.63, 3.8) is 0 Å². The standard InChI is InChI=1S/C12H18N2O5S/c1-12(2)9(5-10(12)19-3)14-20(17,18)7-4-8(11(15)16)13-6-7/h4,6,9-10,13-14H,5H2,1-3H3,(H,15,16). The predicted octanol–water partition coefficient (Wildman–Crippen LogP) is 0.805. The Labute approximate surface area is 117 Å². The molecule has 2 atom stereocenters. The molecule has 8 heteroatoms. The molecule has 1 aromatic rings. The van der Waals surface area contributed by atoms with Crippen LogP contribution < -0.4 is 4.72 Å². The average Bonchev–Trinajstić information content (AvgIpc) is 2.84. The van der Waals surface area contributed by atoms with Gasteiger partial charge in [-0.25, -0.2) is 17.9 Å². The number of sulfonamides is 1. The zero-order chi connectivity index (χ0) is 15.1. The first kappa shape index (κ1) is 15.0. The number of hydrogen-bond acceptors (Lipinski definition) is 4. The first-order chi connectivity index (χ1) is 9.18. The number of carbonyl (C=O) groups is 1. The first-order valence-electron chi connectivity index (χ1n) is 6.15. The van der Waals surface area contributed by atoms with E-state index in [0.717, 1.165) is 6.07 Å². The van der Waals surface area contributed by atoms with Crippen molar-refractivity contribution in [1.82, 2.24) is 9.71 Å². The van der Waals surface area contributed by atoms with Crippen LogP contribution in [0.25, 0.3) is 0 Å². The quantitative estimate of drug-likeness (QED) is 0.745. The van der Waals surface area contributed by atoms with Gasteiger partial charge in [0.05, 0.1) is 6.10 Å². The molecule has 0 spiro atoms. The summed E-state index contributed by atoms with van der Waals surface area (Å²) in [5.41, 5.74) is -0.457. The minimum Gasteiger partial charge on any atom is -0.477 e. The van der Waals surface area contributed by atoms with Crippen LogP contribution in [0.4, 0.5) is 0 Å². The van der Waals surface area contributed by atoms with E-state index < -0.39 is 16.0 Å². The van der Waals surface area contributed by atoms with E-state index >= 15 is 0 Å². The second-order valence-corrected chi connectivity index (χ2v) is 7.22. The van der Waals surface area contributed by atoms with Gasteiger partial charge in [0, 0.05) is 24.8 Å². The van der Waals surface area contributed by atoms with Gasteiger partial charge in [-0.3, -0.25) is 0 Å². The summed E-state index contributed by atoms with van der Waals surface area (Å²) in [6, 6.07) is 0.866. The number of aromatic nitrogens is 1. The summed E-state index contributed by atoms with van der Waals surface area (Å²) in [7, 11) is -2.14. The van der Waals surface area contributed by atoms with E-state index in [9.17, 15) is 13.2 Å². The summed E-state index contributed by atoms with van der Waals surface area (Å²) in [5, 5.41) is 8.79. The molecule has 0 bridgehead atoms. The van der Waals surface area contributed by atoms with Crippen LogP contribution >= 0.6 is 0 Å². The molecule has 1 aliphatic carbocycles. The van der Waals surface area contributed by atoms with Crippen molar-refractivity contribution in [1.29, 1.82) is 0 Å². The van der Waals surface area contributed by atoms with Gasteiger partial charge in [-0.15, -0.1) is 0 Å². The highest BCUT2D eigenvalue weighted by molar-refractivity contribution is 7.89. The number of aromatic amines is 1. The van der Waals surface area contributed by atoms with E-state index in [1.165, 1.54) is 6.20 Å². The largest absolute Gasteiger partial charge is 0.477 e. The lowest BCUT2D eigenvalue weighted by atomic mass is 9.65. The van der Waals surface area contributed by atoms with Crippen molar-refractivity contribution < 1.29 is 23.1 Å². The first-order valence-corrected chi connectivity index (χ1v) is 7.63. The maximum Gasteiger partial charge on any atom is 0.352 e. The van der Waals surface area contributed by atoms with Crippen LogP contribution in [0.5, 0.6) is 0 Å². The lowest BCUT2D eigenvalue weighted by molar-refractivity contribution is -0.0908. The van der Waals surface area contributed by atoms with Crippen LogP contribution in [0.15, 0.2) is 17.2 Å². The zero-order valence-electron chi connectivity index (χ0n) is 11.5. The van der Waals surface area contributed by atoms with E-state index in [0.29, 0.717) is 6.42 Å². The van der Waals surface area contributed by atoms with Crippen molar-refractivity contribution in [3.8, 4) is 0 Å². The Kier molecular flexibility index (Phi) is 3.66. The fourth-order valence-corrected chi connectivity index (χ4v) is 3.79. The topological polar surface area (TPSA) is 108 Å². The number of ether oxygens (including phenoxy) is 1. The second kappa shape index (κ2) is 4.87. The van der Waals surface area contributed by atoms with Crippen molar-refractivity contribution >= 4 is 16.0 Å². The number of hydrogen-bond donors (Lipinski definition) is 3. The molecule has 1 heterocycles. The molecule has 0 aromatic carbocycles. The highest BCUT2D eigenvalue weighted by Crippen LogP contribution is 2.43. The number of methoxy groups -OCH3 is 1. The molecule has 1 aliphatic rings. The Bertz CT molecular complexity index is 620. The van der Waals surface area contributed by atoms with Gasteiger partial charge in [0.2, 0.25) is 10.0 Å². The maximum absolute atomic E-state index is 12.2. The SMILES string of the molecule is COC1CC(NS(=O)(=O)c2c[nH]c(C(=O)O)c2)C1(C)C. The molecule has 1 saturated carbocycles. The highest BCUT2D eigenvalue weighted by atomic mass is 32.2. The van der Waals surface area contributed by atoms with Gasteiger partial charge >= 0.3 is 5.97 Å². The van der Waals surface area contributed by atoms with Gasteiger partial charge in [-0.2, -0.15) is 0 Å². The summed E-state index contributed by atoms with van der Waals surface area (Å²) in [5.74, 6) is -1.20. The second-order valence-electron chi connectivity index (χ2n) is 5.51. The molecule has 0 amide bonds. The van der Waals surface area contributed by atoms with E-state index in [-0.39, 0.29) is 28.2 Å². The zero-order valence-corrected chi connectivity index (χ0v) is 12.3. The lowest BCUT2D eigenvalue weighted by Crippen LogP contribution is -2.61. The van der Waals surface area contributed by atoms with Gasteiger partial charge in [0.25, 0.3) is 0 Å².